The highest BCUT2D eigenvalue weighted by Gasteiger charge is 2.09. The van der Waals surface area contributed by atoms with Gasteiger partial charge in [-0.15, -0.1) is 11.3 Å². The van der Waals surface area contributed by atoms with E-state index in [4.69, 9.17) is 0 Å². The Labute approximate surface area is 83.6 Å². The highest BCUT2D eigenvalue weighted by atomic mass is 32.1. The summed E-state index contributed by atoms with van der Waals surface area (Å²) in [5, 5.41) is 7.71. The Hall–Kier alpha value is -1.76. The predicted octanol–water partition coefficient (Wildman–Crippen LogP) is 0.172. The molecule has 0 saturated carbocycles. The molecule has 1 N–H and O–H groups in total. The smallest absolute Gasteiger partial charge is 0.259 e. The highest BCUT2D eigenvalue weighted by Crippen LogP contribution is 2.14. The van der Waals surface area contributed by atoms with Gasteiger partial charge in [-0.3, -0.25) is 9.59 Å². The molecule has 73 valence electrons. The van der Waals surface area contributed by atoms with Crippen LogP contribution in [0.2, 0.25) is 0 Å². The summed E-state index contributed by atoms with van der Waals surface area (Å²) in [6, 6.07) is 0. The maximum atomic E-state index is 10.4. The largest absolute Gasteiger partial charge is 0.398 e. The molecular weight excluding hydrogens is 206 g/mol. The molecule has 1 rings (SSSR count). The van der Waals surface area contributed by atoms with E-state index in [1.165, 1.54) is 18.4 Å². The van der Waals surface area contributed by atoms with Crippen molar-refractivity contribution in [1.29, 1.82) is 0 Å². The van der Waals surface area contributed by atoms with E-state index < -0.39 is 0 Å². The van der Waals surface area contributed by atoms with Crippen LogP contribution in [0.4, 0.5) is 5.13 Å². The second kappa shape index (κ2) is 5.07. The summed E-state index contributed by atoms with van der Waals surface area (Å²) in [6.07, 6.45) is 2.08. The molecule has 6 nitrogen and oxygen atoms in total. The lowest BCUT2D eigenvalue weighted by Gasteiger charge is -1.90. The highest BCUT2D eigenvalue weighted by molar-refractivity contribution is 7.14. The van der Waals surface area contributed by atoms with Crippen molar-refractivity contribution in [2.45, 2.75) is 0 Å². The number of carbonyl (C=O) groups is 1. The summed E-state index contributed by atoms with van der Waals surface area (Å²) < 4.78 is 0. The number of aromatic nitrogens is 1. The number of hydrogen-bond donors (Lipinski definition) is 1. The van der Waals surface area contributed by atoms with Crippen LogP contribution in [-0.4, -0.2) is 30.5 Å². The number of carbonyl (C=O) groups excluding carboxylic acids is 2. The van der Waals surface area contributed by atoms with Gasteiger partial charge in [0.05, 0.1) is 0 Å². The van der Waals surface area contributed by atoms with Gasteiger partial charge in [-0.2, -0.15) is 0 Å². The van der Waals surface area contributed by atoms with E-state index in [1.54, 1.807) is 11.7 Å². The molecule has 0 bridgehead atoms. The number of nitrogens with one attached hydrogen (secondary N) is 1. The van der Waals surface area contributed by atoms with Crippen molar-refractivity contribution in [2.75, 3.05) is 12.4 Å². The van der Waals surface area contributed by atoms with Crippen molar-refractivity contribution < 1.29 is 14.4 Å². The first-order valence-corrected chi connectivity index (χ1v) is 4.35. The Morgan fingerprint density at radius 2 is 2.64 bits per heavy atom. The lowest BCUT2D eigenvalue weighted by molar-refractivity contribution is -0.105. The first-order chi connectivity index (χ1) is 6.81. The van der Waals surface area contributed by atoms with Gasteiger partial charge in [0.15, 0.2) is 10.8 Å². The number of nitrogens with zero attached hydrogens (tertiary/aromatic N) is 2. The van der Waals surface area contributed by atoms with E-state index in [9.17, 15) is 9.59 Å². The normalized spacial score (nSPS) is 10.8. The van der Waals surface area contributed by atoms with Crippen LogP contribution in [0.1, 0.15) is 5.69 Å². The molecule has 0 aromatic carbocycles. The second-order valence-corrected chi connectivity index (χ2v) is 2.88. The van der Waals surface area contributed by atoms with E-state index in [2.05, 4.69) is 20.3 Å². The number of rotatable bonds is 5. The van der Waals surface area contributed by atoms with Gasteiger partial charge in [-0.25, -0.2) is 4.98 Å². The van der Waals surface area contributed by atoms with Crippen molar-refractivity contribution >= 4 is 34.9 Å². The van der Waals surface area contributed by atoms with Gasteiger partial charge >= 0.3 is 0 Å². The van der Waals surface area contributed by atoms with E-state index in [0.717, 1.165) is 0 Å². The fourth-order valence-corrected chi connectivity index (χ4v) is 1.36. The molecule has 0 aliphatic rings. The summed E-state index contributed by atoms with van der Waals surface area (Å²) in [6.45, 7) is 0. The molecule has 1 heterocycles. The van der Waals surface area contributed by atoms with Crippen LogP contribution in [0.15, 0.2) is 10.5 Å². The maximum absolute atomic E-state index is 10.4. The Morgan fingerprint density at radius 3 is 3.21 bits per heavy atom. The van der Waals surface area contributed by atoms with Crippen LogP contribution in [0.25, 0.3) is 0 Å². The third-order valence-electron chi connectivity index (χ3n) is 1.21. The number of thiazole rings is 1. The Balaban J connectivity index is 2.88. The minimum Gasteiger partial charge on any atom is -0.398 e. The molecule has 0 fully saturated rings. The van der Waals surface area contributed by atoms with Crippen LogP contribution < -0.4 is 5.32 Å². The zero-order chi connectivity index (χ0) is 10.4. The Bertz CT molecular complexity index is 361. The van der Waals surface area contributed by atoms with Gasteiger partial charge in [0, 0.05) is 5.38 Å². The topological polar surface area (TPSA) is 80.6 Å². The first kappa shape index (κ1) is 10.3. The van der Waals surface area contributed by atoms with Gasteiger partial charge < -0.3 is 10.2 Å². The summed E-state index contributed by atoms with van der Waals surface area (Å²) in [4.78, 5) is 28.8. The molecule has 0 aliphatic heterocycles. The van der Waals surface area contributed by atoms with Gasteiger partial charge in [0.2, 0.25) is 6.41 Å². The maximum Gasteiger partial charge on any atom is 0.259 e. The standard InChI is InChI=1S/C7H6N3O3S/c1-13-10-5(2-11)6-3-14-7(9-6)8-4-12/h3-4H,1H3,(H,8,9,12). The van der Waals surface area contributed by atoms with E-state index in [0.29, 0.717) is 17.2 Å². The molecule has 1 aromatic rings. The van der Waals surface area contributed by atoms with Crippen LogP contribution >= 0.6 is 11.3 Å². The third-order valence-corrected chi connectivity index (χ3v) is 1.98. The van der Waals surface area contributed by atoms with Gasteiger partial charge in [-0.05, 0) is 0 Å². The lowest BCUT2D eigenvalue weighted by Crippen LogP contribution is -2.04. The summed E-state index contributed by atoms with van der Waals surface area (Å²) >= 11 is 1.17. The summed E-state index contributed by atoms with van der Waals surface area (Å²) in [5.74, 6) is 0. The van der Waals surface area contributed by atoms with E-state index in [1.807, 2.05) is 0 Å². The minimum atomic E-state index is -0.0392. The van der Waals surface area contributed by atoms with Gasteiger partial charge in [0.25, 0.3) is 6.29 Å². The van der Waals surface area contributed by atoms with Crippen LogP contribution in [0.3, 0.4) is 0 Å². The zero-order valence-corrected chi connectivity index (χ0v) is 8.00. The fraction of sp³-hybridized carbons (Fsp3) is 0.143. The minimum absolute atomic E-state index is 0.0392. The van der Waals surface area contributed by atoms with E-state index >= 15 is 0 Å². The molecule has 0 spiro atoms. The monoisotopic (exact) mass is 212 g/mol. The third kappa shape index (κ3) is 2.36. The number of amides is 1. The lowest BCUT2D eigenvalue weighted by atomic mass is 10.3. The molecule has 7 heteroatoms. The number of oxime groups is 1. The van der Waals surface area contributed by atoms with E-state index in [-0.39, 0.29) is 5.71 Å². The fourth-order valence-electron chi connectivity index (χ4n) is 0.708. The van der Waals surface area contributed by atoms with Crippen molar-refractivity contribution in [3.63, 3.8) is 0 Å². The van der Waals surface area contributed by atoms with Crippen LogP contribution in [-0.2, 0) is 14.4 Å². The molecule has 1 amide bonds. The van der Waals surface area contributed by atoms with Crippen LogP contribution in [0, 0.1) is 0 Å². The van der Waals surface area contributed by atoms with Crippen molar-refractivity contribution in [1.82, 2.24) is 4.98 Å². The SMILES string of the molecule is CON=C([C]=O)c1csc(NC=O)n1. The second-order valence-electron chi connectivity index (χ2n) is 2.02. The van der Waals surface area contributed by atoms with Crippen molar-refractivity contribution in [2.24, 2.45) is 5.16 Å². The summed E-state index contributed by atoms with van der Waals surface area (Å²) in [7, 11) is 1.31. The average Bonchev–Trinajstić information content (AvgIpc) is 2.63. The Kier molecular flexibility index (Phi) is 3.74. The molecule has 1 aromatic heterocycles. The molecule has 0 atom stereocenters. The summed E-state index contributed by atoms with van der Waals surface area (Å²) in [5.41, 5.74) is 0.277. The molecular formula is C7H6N3O3S. The van der Waals surface area contributed by atoms with Gasteiger partial charge in [0.1, 0.15) is 12.8 Å². The zero-order valence-electron chi connectivity index (χ0n) is 7.18. The van der Waals surface area contributed by atoms with Crippen LogP contribution in [0.5, 0.6) is 0 Å². The molecule has 0 saturated heterocycles. The first-order valence-electron chi connectivity index (χ1n) is 3.47. The quantitative estimate of drug-likeness (QED) is 0.428. The number of hydrogen-bond acceptors (Lipinski definition) is 6. The van der Waals surface area contributed by atoms with Crippen molar-refractivity contribution in [3.8, 4) is 0 Å². The molecule has 0 aliphatic carbocycles. The number of anilines is 1. The average molecular weight is 212 g/mol. The molecule has 0 unspecified atom stereocenters. The Morgan fingerprint density at radius 1 is 1.86 bits per heavy atom. The van der Waals surface area contributed by atoms with Crippen molar-refractivity contribution in [3.05, 3.63) is 11.1 Å². The molecule has 14 heavy (non-hydrogen) atoms. The molecule has 1 radical (unpaired) electrons. The predicted molar refractivity (Wildman–Crippen MR) is 51.0 cm³/mol. The van der Waals surface area contributed by atoms with Gasteiger partial charge in [-0.1, -0.05) is 5.16 Å².